The zero-order valence-electron chi connectivity index (χ0n) is 11.7. The van der Waals surface area contributed by atoms with Crippen molar-refractivity contribution in [2.75, 3.05) is 13.7 Å². The molecule has 1 saturated heterocycles. The maximum Gasteiger partial charge on any atom is 0.419 e. The van der Waals surface area contributed by atoms with Gasteiger partial charge in [0, 0.05) is 12.1 Å². The Bertz CT molecular complexity index is 603. The number of carboxylic acid groups (broad SMARTS) is 1. The van der Waals surface area contributed by atoms with Gasteiger partial charge in [-0.1, -0.05) is 12.2 Å². The molecule has 1 atom stereocenters. The van der Waals surface area contributed by atoms with Gasteiger partial charge in [0.1, 0.15) is 16.8 Å². The highest BCUT2D eigenvalue weighted by Gasteiger charge is 2.36. The number of likely N-dealkylation sites (tertiary alicyclic amines) is 1. The highest BCUT2D eigenvalue weighted by atomic mass is 32.1. The van der Waals surface area contributed by atoms with Crippen molar-refractivity contribution in [3.63, 3.8) is 0 Å². The highest BCUT2D eigenvalue weighted by molar-refractivity contribution is 7.80. The first kappa shape index (κ1) is 16.5. The topological polar surface area (TPSA) is 49.8 Å². The Morgan fingerprint density at radius 3 is 2.68 bits per heavy atom. The Hall–Kier alpha value is -1.83. The number of benzene rings is 1. The van der Waals surface area contributed by atoms with Gasteiger partial charge < -0.3 is 14.7 Å². The lowest BCUT2D eigenvalue weighted by Crippen LogP contribution is -2.39. The van der Waals surface area contributed by atoms with Gasteiger partial charge in [0.15, 0.2) is 0 Å². The molecule has 22 heavy (non-hydrogen) atoms. The fourth-order valence-corrected chi connectivity index (χ4v) is 2.84. The molecule has 4 nitrogen and oxygen atoms in total. The minimum atomic E-state index is -4.58. The van der Waals surface area contributed by atoms with Crippen LogP contribution >= 0.6 is 12.2 Å². The van der Waals surface area contributed by atoms with Crippen LogP contribution in [0.5, 0.6) is 5.75 Å². The zero-order valence-corrected chi connectivity index (χ0v) is 12.5. The standard InChI is InChI=1S/C14H14F3NO3S/c1-21-11-5-4-8(7-9(11)14(15,16)17)12(22)18-6-2-3-10(18)13(19)20/h4-5,7,10H,2-3,6H2,1H3,(H,19,20). The molecule has 0 spiro atoms. The summed E-state index contributed by atoms with van der Waals surface area (Å²) < 4.78 is 43.8. The fourth-order valence-electron chi connectivity index (χ4n) is 2.49. The van der Waals surface area contributed by atoms with Crippen molar-refractivity contribution in [2.24, 2.45) is 0 Å². The fraction of sp³-hybridized carbons (Fsp3) is 0.429. The average Bonchev–Trinajstić information content (AvgIpc) is 2.94. The van der Waals surface area contributed by atoms with Gasteiger partial charge >= 0.3 is 12.1 Å². The molecular formula is C14H14F3NO3S. The predicted molar refractivity (Wildman–Crippen MR) is 77.1 cm³/mol. The molecule has 1 unspecified atom stereocenters. The minimum absolute atomic E-state index is 0.109. The summed E-state index contributed by atoms with van der Waals surface area (Å²) in [5, 5.41) is 9.14. The molecule has 1 aliphatic heterocycles. The third kappa shape index (κ3) is 3.16. The summed E-state index contributed by atoms with van der Waals surface area (Å²) in [5.74, 6) is -1.32. The van der Waals surface area contributed by atoms with Crippen LogP contribution in [-0.4, -0.2) is 40.7 Å². The van der Waals surface area contributed by atoms with E-state index >= 15 is 0 Å². The van der Waals surface area contributed by atoms with Gasteiger partial charge in [-0.25, -0.2) is 4.79 Å². The van der Waals surface area contributed by atoms with Crippen LogP contribution in [0.2, 0.25) is 0 Å². The molecule has 0 radical (unpaired) electrons. The van der Waals surface area contributed by atoms with Crippen molar-refractivity contribution in [3.8, 4) is 5.75 Å². The summed E-state index contributed by atoms with van der Waals surface area (Å²) in [6, 6.07) is 2.71. The zero-order chi connectivity index (χ0) is 16.5. The molecule has 120 valence electrons. The van der Waals surface area contributed by atoms with Crippen LogP contribution in [-0.2, 0) is 11.0 Å². The molecule has 1 fully saturated rings. The Kier molecular flexibility index (Phi) is 4.60. The number of hydrogen-bond acceptors (Lipinski definition) is 3. The van der Waals surface area contributed by atoms with E-state index in [0.717, 1.165) is 13.2 Å². The van der Waals surface area contributed by atoms with Gasteiger partial charge in [-0.2, -0.15) is 13.2 Å². The van der Waals surface area contributed by atoms with E-state index in [4.69, 9.17) is 22.1 Å². The van der Waals surface area contributed by atoms with Crippen LogP contribution in [0.4, 0.5) is 13.2 Å². The normalized spacial score (nSPS) is 18.4. The van der Waals surface area contributed by atoms with E-state index in [1.54, 1.807) is 0 Å². The lowest BCUT2D eigenvalue weighted by Gasteiger charge is -2.25. The van der Waals surface area contributed by atoms with E-state index in [1.807, 2.05) is 0 Å². The lowest BCUT2D eigenvalue weighted by molar-refractivity contribution is -0.141. The summed E-state index contributed by atoms with van der Waals surface area (Å²) in [6.07, 6.45) is -3.51. The van der Waals surface area contributed by atoms with E-state index in [0.29, 0.717) is 19.4 Å². The maximum atomic E-state index is 13.0. The summed E-state index contributed by atoms with van der Waals surface area (Å²) in [7, 11) is 1.16. The van der Waals surface area contributed by atoms with Crippen molar-refractivity contribution in [1.29, 1.82) is 0 Å². The molecule has 8 heteroatoms. The average molecular weight is 333 g/mol. The van der Waals surface area contributed by atoms with Crippen molar-refractivity contribution in [2.45, 2.75) is 25.1 Å². The number of carbonyl (C=O) groups is 1. The molecule has 1 N–H and O–H groups in total. The third-order valence-electron chi connectivity index (χ3n) is 3.55. The van der Waals surface area contributed by atoms with Crippen LogP contribution in [0.1, 0.15) is 24.0 Å². The first-order chi connectivity index (χ1) is 10.3. The number of methoxy groups -OCH3 is 1. The maximum absolute atomic E-state index is 13.0. The molecule has 0 aliphatic carbocycles. The quantitative estimate of drug-likeness (QED) is 0.862. The molecule has 1 aromatic rings. The molecule has 0 amide bonds. The summed E-state index contributed by atoms with van der Waals surface area (Å²) in [5.41, 5.74) is -0.766. The van der Waals surface area contributed by atoms with Crippen molar-refractivity contribution in [1.82, 2.24) is 4.90 Å². The van der Waals surface area contributed by atoms with Crippen LogP contribution in [0.3, 0.4) is 0 Å². The number of thiocarbonyl (C=S) groups is 1. The molecule has 2 rings (SSSR count). The molecule has 1 aromatic carbocycles. The smallest absolute Gasteiger partial charge is 0.419 e. The second-order valence-electron chi connectivity index (χ2n) is 4.91. The number of carboxylic acids is 1. The van der Waals surface area contributed by atoms with Crippen molar-refractivity contribution < 1.29 is 27.8 Å². The van der Waals surface area contributed by atoms with Crippen molar-refractivity contribution in [3.05, 3.63) is 29.3 Å². The Morgan fingerprint density at radius 2 is 2.14 bits per heavy atom. The van der Waals surface area contributed by atoms with Gasteiger partial charge in [0.2, 0.25) is 0 Å². The lowest BCUT2D eigenvalue weighted by atomic mass is 10.1. The monoisotopic (exact) mass is 333 g/mol. The Labute approximate surface area is 130 Å². The first-order valence-electron chi connectivity index (χ1n) is 6.54. The van der Waals surface area contributed by atoms with Crippen LogP contribution in [0, 0.1) is 0 Å². The second kappa shape index (κ2) is 6.12. The van der Waals surface area contributed by atoms with E-state index in [1.165, 1.54) is 17.0 Å². The molecule has 0 bridgehead atoms. The minimum Gasteiger partial charge on any atom is -0.496 e. The summed E-state index contributed by atoms with van der Waals surface area (Å²) in [6.45, 7) is 0.420. The molecule has 0 aromatic heterocycles. The molecule has 1 heterocycles. The number of alkyl halides is 3. The van der Waals surface area contributed by atoms with E-state index < -0.39 is 23.8 Å². The number of aliphatic carboxylic acids is 1. The van der Waals surface area contributed by atoms with Gasteiger partial charge in [0.25, 0.3) is 0 Å². The number of rotatable bonds is 3. The number of halogens is 3. The number of ether oxygens (including phenoxy) is 1. The number of nitrogens with zero attached hydrogens (tertiary/aromatic N) is 1. The van der Waals surface area contributed by atoms with E-state index in [-0.39, 0.29) is 16.3 Å². The van der Waals surface area contributed by atoms with Crippen molar-refractivity contribution >= 4 is 23.2 Å². The predicted octanol–water partition coefficient (Wildman–Crippen LogP) is 2.94. The number of hydrogen-bond donors (Lipinski definition) is 1. The SMILES string of the molecule is COc1ccc(C(=S)N2CCCC2C(=O)O)cc1C(F)(F)F. The van der Waals surface area contributed by atoms with Crippen LogP contribution < -0.4 is 4.74 Å². The Morgan fingerprint density at radius 1 is 1.45 bits per heavy atom. The largest absolute Gasteiger partial charge is 0.496 e. The molecular weight excluding hydrogens is 319 g/mol. The third-order valence-corrected chi connectivity index (χ3v) is 4.02. The Balaban J connectivity index is 2.37. The molecule has 0 saturated carbocycles. The van der Waals surface area contributed by atoms with E-state index in [2.05, 4.69) is 0 Å². The van der Waals surface area contributed by atoms with Gasteiger partial charge in [-0.3, -0.25) is 0 Å². The summed E-state index contributed by atoms with van der Waals surface area (Å²) >= 11 is 5.19. The highest BCUT2D eigenvalue weighted by Crippen LogP contribution is 2.37. The van der Waals surface area contributed by atoms with Gasteiger partial charge in [0.05, 0.1) is 12.7 Å². The van der Waals surface area contributed by atoms with E-state index in [9.17, 15) is 18.0 Å². The molecule has 1 aliphatic rings. The van der Waals surface area contributed by atoms with Crippen LogP contribution in [0.25, 0.3) is 0 Å². The van der Waals surface area contributed by atoms with Crippen LogP contribution in [0.15, 0.2) is 18.2 Å². The summed E-state index contributed by atoms with van der Waals surface area (Å²) in [4.78, 5) is 12.7. The van der Waals surface area contributed by atoms with Gasteiger partial charge in [-0.05, 0) is 31.0 Å². The second-order valence-corrected chi connectivity index (χ2v) is 5.29. The first-order valence-corrected chi connectivity index (χ1v) is 6.95. The van der Waals surface area contributed by atoms with Gasteiger partial charge in [-0.15, -0.1) is 0 Å².